The predicted molar refractivity (Wildman–Crippen MR) is 40.0 cm³/mol. The van der Waals surface area contributed by atoms with E-state index in [0.717, 1.165) is 0 Å². The quantitative estimate of drug-likeness (QED) is 0.425. The summed E-state index contributed by atoms with van der Waals surface area (Å²) in [5, 5.41) is 10.2. The summed E-state index contributed by atoms with van der Waals surface area (Å²) in [7, 11) is 0. The molecule has 0 aliphatic heterocycles. The minimum atomic E-state index is -1.41. The van der Waals surface area contributed by atoms with Crippen LogP contribution in [-0.4, -0.2) is 17.5 Å². The van der Waals surface area contributed by atoms with Crippen molar-refractivity contribution in [2.75, 3.05) is 0 Å². The third-order valence-electron chi connectivity index (χ3n) is 1.11. The van der Waals surface area contributed by atoms with Gasteiger partial charge < -0.3 is 14.6 Å². The molecule has 0 aromatic carbocycles. The van der Waals surface area contributed by atoms with Gasteiger partial charge in [0, 0.05) is 0 Å². The molecule has 70 valence electrons. The average Bonchev–Trinajstić information content (AvgIpc) is 1.82. The molecule has 0 N–H and O–H groups in total. The molecule has 0 aromatic rings. The van der Waals surface area contributed by atoms with Crippen molar-refractivity contribution in [2.45, 2.75) is 33.3 Å². The van der Waals surface area contributed by atoms with Crippen molar-refractivity contribution >= 4 is 11.9 Å². The molecule has 0 spiro atoms. The monoisotopic (exact) mass is 173 g/mol. The van der Waals surface area contributed by atoms with Gasteiger partial charge in [0.1, 0.15) is 5.60 Å². The SMILES string of the molecule is CC(C(=O)[O-])C(=O)OC(C)(C)C. The first-order valence-electron chi connectivity index (χ1n) is 3.68. The molecule has 0 amide bonds. The second kappa shape index (κ2) is 3.56. The van der Waals surface area contributed by atoms with E-state index in [1.165, 1.54) is 6.92 Å². The summed E-state index contributed by atoms with van der Waals surface area (Å²) in [4.78, 5) is 21.2. The molecule has 0 aromatic heterocycles. The topological polar surface area (TPSA) is 66.4 Å². The van der Waals surface area contributed by atoms with Crippen molar-refractivity contribution in [1.82, 2.24) is 0 Å². The Balaban J connectivity index is 4.15. The minimum absolute atomic E-state index is 0.652. The Morgan fingerprint density at radius 1 is 1.33 bits per heavy atom. The molecule has 0 saturated heterocycles. The molecule has 1 atom stereocenters. The van der Waals surface area contributed by atoms with Crippen molar-refractivity contribution in [3.8, 4) is 0 Å². The van der Waals surface area contributed by atoms with Crippen LogP contribution in [0.3, 0.4) is 0 Å². The Hall–Kier alpha value is -1.06. The van der Waals surface area contributed by atoms with Gasteiger partial charge in [0.2, 0.25) is 0 Å². The van der Waals surface area contributed by atoms with Gasteiger partial charge in [-0.05, 0) is 27.7 Å². The summed E-state index contributed by atoms with van der Waals surface area (Å²) in [6.45, 7) is 6.26. The fourth-order valence-electron chi connectivity index (χ4n) is 0.486. The first-order valence-corrected chi connectivity index (χ1v) is 3.68. The van der Waals surface area contributed by atoms with Crippen molar-refractivity contribution in [3.63, 3.8) is 0 Å². The Morgan fingerprint density at radius 3 is 2.00 bits per heavy atom. The molecule has 0 heterocycles. The second-order valence-corrected chi connectivity index (χ2v) is 3.57. The van der Waals surface area contributed by atoms with E-state index >= 15 is 0 Å². The number of carbonyl (C=O) groups excluding carboxylic acids is 2. The molecule has 4 heteroatoms. The zero-order valence-electron chi connectivity index (χ0n) is 7.71. The molecule has 0 aliphatic carbocycles. The van der Waals surface area contributed by atoms with Gasteiger partial charge in [-0.15, -0.1) is 0 Å². The number of carboxylic acids is 1. The maximum absolute atomic E-state index is 11.0. The van der Waals surface area contributed by atoms with Gasteiger partial charge in [-0.25, -0.2) is 0 Å². The highest BCUT2D eigenvalue weighted by atomic mass is 16.6. The maximum Gasteiger partial charge on any atom is 0.314 e. The Labute approximate surface area is 71.5 Å². The van der Waals surface area contributed by atoms with E-state index in [-0.39, 0.29) is 0 Å². The highest BCUT2D eigenvalue weighted by Gasteiger charge is 2.21. The number of ether oxygens (including phenoxy) is 1. The minimum Gasteiger partial charge on any atom is -0.549 e. The summed E-state index contributed by atoms with van der Waals surface area (Å²) in [6, 6.07) is 0. The van der Waals surface area contributed by atoms with Crippen LogP contribution in [0.2, 0.25) is 0 Å². The number of esters is 1. The van der Waals surface area contributed by atoms with Crippen LogP contribution in [0.25, 0.3) is 0 Å². The zero-order chi connectivity index (χ0) is 9.94. The number of carbonyl (C=O) groups is 2. The summed E-state index contributed by atoms with van der Waals surface area (Å²) in [5.74, 6) is -3.38. The molecule has 4 nitrogen and oxygen atoms in total. The van der Waals surface area contributed by atoms with Crippen molar-refractivity contribution < 1.29 is 19.4 Å². The lowest BCUT2D eigenvalue weighted by Gasteiger charge is -2.22. The first-order chi connectivity index (χ1) is 5.24. The van der Waals surface area contributed by atoms with Crippen molar-refractivity contribution in [3.05, 3.63) is 0 Å². The van der Waals surface area contributed by atoms with E-state index in [9.17, 15) is 14.7 Å². The third-order valence-corrected chi connectivity index (χ3v) is 1.11. The van der Waals surface area contributed by atoms with Crippen LogP contribution in [0.15, 0.2) is 0 Å². The predicted octanol–water partition coefficient (Wildman–Crippen LogP) is -0.286. The van der Waals surface area contributed by atoms with E-state index in [2.05, 4.69) is 0 Å². The Morgan fingerprint density at radius 2 is 1.75 bits per heavy atom. The maximum atomic E-state index is 11.0. The van der Waals surface area contributed by atoms with Gasteiger partial charge in [-0.2, -0.15) is 0 Å². The molecule has 12 heavy (non-hydrogen) atoms. The summed E-state index contributed by atoms with van der Waals surface area (Å²) in [5.41, 5.74) is -0.652. The largest absolute Gasteiger partial charge is 0.549 e. The number of aliphatic carboxylic acids is 1. The van der Waals surface area contributed by atoms with E-state index in [1.807, 2.05) is 0 Å². The molecular weight excluding hydrogens is 160 g/mol. The molecule has 0 fully saturated rings. The number of rotatable bonds is 2. The van der Waals surface area contributed by atoms with Crippen LogP contribution in [0.4, 0.5) is 0 Å². The summed E-state index contributed by atoms with van der Waals surface area (Å²) in [6.07, 6.45) is 0. The fraction of sp³-hybridized carbons (Fsp3) is 0.750. The second-order valence-electron chi connectivity index (χ2n) is 3.57. The number of hydrogen-bond acceptors (Lipinski definition) is 4. The summed E-state index contributed by atoms with van der Waals surface area (Å²) >= 11 is 0. The van der Waals surface area contributed by atoms with Crippen molar-refractivity contribution in [1.29, 1.82) is 0 Å². The lowest BCUT2D eigenvalue weighted by Crippen LogP contribution is -2.38. The van der Waals surface area contributed by atoms with Gasteiger partial charge in [0.15, 0.2) is 0 Å². The van der Waals surface area contributed by atoms with Crippen LogP contribution >= 0.6 is 0 Å². The molecule has 0 rings (SSSR count). The number of hydrogen-bond donors (Lipinski definition) is 0. The number of carboxylic acid groups (broad SMARTS) is 1. The lowest BCUT2D eigenvalue weighted by atomic mass is 10.1. The first kappa shape index (κ1) is 10.9. The molecule has 0 radical (unpaired) electrons. The highest BCUT2D eigenvalue weighted by Crippen LogP contribution is 2.10. The van der Waals surface area contributed by atoms with Gasteiger partial charge in [-0.3, -0.25) is 4.79 Å². The van der Waals surface area contributed by atoms with Crippen LogP contribution in [0.1, 0.15) is 27.7 Å². The Bertz CT molecular complexity index is 190. The van der Waals surface area contributed by atoms with Crippen LogP contribution in [0.5, 0.6) is 0 Å². The van der Waals surface area contributed by atoms with E-state index in [0.29, 0.717) is 0 Å². The summed E-state index contributed by atoms with van der Waals surface area (Å²) < 4.78 is 4.80. The highest BCUT2D eigenvalue weighted by molar-refractivity contribution is 5.92. The average molecular weight is 173 g/mol. The van der Waals surface area contributed by atoms with Gasteiger partial charge in [0.25, 0.3) is 0 Å². The molecular formula is C8H13O4-. The smallest absolute Gasteiger partial charge is 0.314 e. The van der Waals surface area contributed by atoms with Crippen LogP contribution in [-0.2, 0) is 14.3 Å². The zero-order valence-corrected chi connectivity index (χ0v) is 7.71. The van der Waals surface area contributed by atoms with Gasteiger partial charge >= 0.3 is 5.97 Å². The fourth-order valence-corrected chi connectivity index (χ4v) is 0.486. The van der Waals surface area contributed by atoms with Crippen LogP contribution < -0.4 is 5.11 Å². The van der Waals surface area contributed by atoms with E-state index in [1.54, 1.807) is 20.8 Å². The van der Waals surface area contributed by atoms with Crippen LogP contribution in [0, 0.1) is 5.92 Å². The van der Waals surface area contributed by atoms with Gasteiger partial charge in [0.05, 0.1) is 11.9 Å². The van der Waals surface area contributed by atoms with Gasteiger partial charge in [-0.1, -0.05) is 0 Å². The lowest BCUT2D eigenvalue weighted by molar-refractivity contribution is -0.310. The normalized spacial score (nSPS) is 13.7. The Kier molecular flexibility index (Phi) is 3.24. The molecule has 0 aliphatic rings. The molecule has 1 unspecified atom stereocenters. The van der Waals surface area contributed by atoms with Crippen molar-refractivity contribution in [2.24, 2.45) is 5.92 Å². The van der Waals surface area contributed by atoms with E-state index in [4.69, 9.17) is 4.74 Å². The standard InChI is InChI=1S/C8H14O4/c1-5(6(9)10)7(11)12-8(2,3)4/h5H,1-4H3,(H,9,10)/p-1. The van der Waals surface area contributed by atoms with E-state index < -0.39 is 23.5 Å². The molecule has 0 bridgehead atoms. The third kappa shape index (κ3) is 3.95. The molecule has 0 saturated carbocycles.